The monoisotopic (exact) mass is 211 g/mol. The van der Waals surface area contributed by atoms with Crippen LogP contribution in [0.3, 0.4) is 0 Å². The average Bonchev–Trinajstić information content (AvgIpc) is 2.33. The van der Waals surface area contributed by atoms with Gasteiger partial charge in [0.15, 0.2) is 0 Å². The molecule has 88 valence electrons. The molecule has 0 heterocycles. The van der Waals surface area contributed by atoms with Crippen molar-refractivity contribution in [3.05, 3.63) is 0 Å². The van der Waals surface area contributed by atoms with Crippen LogP contribution in [0.2, 0.25) is 0 Å². The molecule has 0 aromatic rings. The third kappa shape index (κ3) is 2.54. The molecule has 2 fully saturated rings. The molecular formula is C13H25NO. The number of nitrogens with one attached hydrogen (secondary N) is 1. The van der Waals surface area contributed by atoms with Crippen LogP contribution in [-0.2, 0) is 0 Å². The zero-order valence-corrected chi connectivity index (χ0v) is 10.3. The molecule has 2 atom stereocenters. The summed E-state index contributed by atoms with van der Waals surface area (Å²) in [6, 6.07) is 0.615. The van der Waals surface area contributed by atoms with Crippen molar-refractivity contribution in [1.82, 2.24) is 5.32 Å². The molecule has 0 radical (unpaired) electrons. The molecule has 2 aliphatic rings. The molecule has 0 spiro atoms. The Morgan fingerprint density at radius 3 is 2.33 bits per heavy atom. The van der Waals surface area contributed by atoms with E-state index in [-0.39, 0.29) is 5.60 Å². The van der Waals surface area contributed by atoms with Crippen molar-refractivity contribution in [2.24, 2.45) is 11.3 Å². The lowest BCUT2D eigenvalue weighted by atomic mass is 9.80. The predicted octanol–water partition coefficient (Wildman–Crippen LogP) is 2.32. The van der Waals surface area contributed by atoms with Gasteiger partial charge in [-0.1, -0.05) is 20.8 Å². The van der Waals surface area contributed by atoms with Gasteiger partial charge in [-0.2, -0.15) is 0 Å². The van der Waals surface area contributed by atoms with E-state index < -0.39 is 0 Å². The van der Waals surface area contributed by atoms with Gasteiger partial charge < -0.3 is 10.4 Å². The van der Waals surface area contributed by atoms with Crippen molar-refractivity contribution in [2.75, 3.05) is 6.54 Å². The van der Waals surface area contributed by atoms with Crippen LogP contribution in [0, 0.1) is 11.3 Å². The van der Waals surface area contributed by atoms with Crippen LogP contribution in [0.1, 0.15) is 52.9 Å². The normalized spacial score (nSPS) is 37.6. The molecule has 0 aliphatic heterocycles. The highest BCUT2D eigenvalue weighted by molar-refractivity contribution is 4.95. The summed E-state index contributed by atoms with van der Waals surface area (Å²) < 4.78 is 0. The molecule has 2 aliphatic carbocycles. The summed E-state index contributed by atoms with van der Waals surface area (Å²) in [6.07, 6.45) is 5.74. The van der Waals surface area contributed by atoms with Gasteiger partial charge in [0.2, 0.25) is 0 Å². The van der Waals surface area contributed by atoms with Crippen LogP contribution >= 0.6 is 0 Å². The SMILES string of the molecule is CC1CC(C)(C)CC1NCC1(O)CCC1. The highest BCUT2D eigenvalue weighted by Crippen LogP contribution is 2.41. The molecule has 0 aromatic carbocycles. The number of hydrogen-bond acceptors (Lipinski definition) is 2. The lowest BCUT2D eigenvalue weighted by Crippen LogP contribution is -2.49. The van der Waals surface area contributed by atoms with Crippen LogP contribution in [0.4, 0.5) is 0 Å². The first kappa shape index (κ1) is 11.4. The minimum absolute atomic E-state index is 0.369. The third-order valence-electron chi connectivity index (χ3n) is 4.31. The first-order chi connectivity index (χ1) is 6.90. The van der Waals surface area contributed by atoms with Crippen molar-refractivity contribution in [1.29, 1.82) is 0 Å². The lowest BCUT2D eigenvalue weighted by molar-refractivity contribution is -0.0339. The Balaban J connectivity index is 1.80. The number of aliphatic hydroxyl groups is 1. The highest BCUT2D eigenvalue weighted by Gasteiger charge is 2.39. The van der Waals surface area contributed by atoms with Gasteiger partial charge in [-0.25, -0.2) is 0 Å². The van der Waals surface area contributed by atoms with E-state index >= 15 is 0 Å². The molecule has 0 bridgehead atoms. The van der Waals surface area contributed by atoms with Gasteiger partial charge in [-0.3, -0.25) is 0 Å². The summed E-state index contributed by atoms with van der Waals surface area (Å²) in [4.78, 5) is 0. The Bertz CT molecular complexity index is 233. The molecule has 0 saturated heterocycles. The topological polar surface area (TPSA) is 32.3 Å². The van der Waals surface area contributed by atoms with Crippen molar-refractivity contribution in [2.45, 2.75) is 64.5 Å². The van der Waals surface area contributed by atoms with Crippen molar-refractivity contribution in [3.63, 3.8) is 0 Å². The van der Waals surface area contributed by atoms with Gasteiger partial charge >= 0.3 is 0 Å². The van der Waals surface area contributed by atoms with Gasteiger partial charge in [0, 0.05) is 12.6 Å². The van der Waals surface area contributed by atoms with Crippen molar-refractivity contribution < 1.29 is 5.11 Å². The Hall–Kier alpha value is -0.0800. The molecule has 2 rings (SSSR count). The van der Waals surface area contributed by atoms with E-state index in [1.165, 1.54) is 19.3 Å². The lowest BCUT2D eigenvalue weighted by Gasteiger charge is -2.38. The largest absolute Gasteiger partial charge is 0.389 e. The molecule has 0 aromatic heterocycles. The standard InChI is InChI=1S/C13H25NO/c1-10-7-12(2,3)8-11(10)14-9-13(15)5-4-6-13/h10-11,14-15H,4-9H2,1-3H3. The van der Waals surface area contributed by atoms with Crippen molar-refractivity contribution in [3.8, 4) is 0 Å². The maximum absolute atomic E-state index is 10.0. The molecule has 0 amide bonds. The van der Waals surface area contributed by atoms with E-state index in [2.05, 4.69) is 26.1 Å². The highest BCUT2D eigenvalue weighted by atomic mass is 16.3. The van der Waals surface area contributed by atoms with Crippen LogP contribution < -0.4 is 5.32 Å². The van der Waals surface area contributed by atoms with E-state index in [9.17, 15) is 5.11 Å². The van der Waals surface area contributed by atoms with E-state index in [1.807, 2.05) is 0 Å². The minimum atomic E-state index is -0.369. The fourth-order valence-electron chi connectivity index (χ4n) is 3.25. The van der Waals surface area contributed by atoms with Crippen molar-refractivity contribution >= 4 is 0 Å². The Kier molecular flexibility index (Phi) is 2.85. The molecule has 15 heavy (non-hydrogen) atoms. The van der Waals surface area contributed by atoms with Crippen LogP contribution in [0.5, 0.6) is 0 Å². The van der Waals surface area contributed by atoms with Gasteiger partial charge in [-0.05, 0) is 43.4 Å². The number of hydrogen-bond donors (Lipinski definition) is 2. The summed E-state index contributed by atoms with van der Waals surface area (Å²) in [6.45, 7) is 7.84. The second kappa shape index (κ2) is 3.74. The Labute approximate surface area is 93.5 Å². The first-order valence-corrected chi connectivity index (χ1v) is 6.36. The summed E-state index contributed by atoms with van der Waals surface area (Å²) in [5.41, 5.74) is 0.117. The van der Waals surface area contributed by atoms with Crippen LogP contribution in [0.25, 0.3) is 0 Å². The summed E-state index contributed by atoms with van der Waals surface area (Å²) in [7, 11) is 0. The molecule has 2 N–H and O–H groups in total. The van der Waals surface area contributed by atoms with E-state index in [0.717, 1.165) is 25.3 Å². The van der Waals surface area contributed by atoms with Crippen LogP contribution in [-0.4, -0.2) is 23.3 Å². The summed E-state index contributed by atoms with van der Waals surface area (Å²) >= 11 is 0. The third-order valence-corrected chi connectivity index (χ3v) is 4.31. The van der Waals surface area contributed by atoms with Gasteiger partial charge in [0.1, 0.15) is 0 Å². The summed E-state index contributed by atoms with van der Waals surface area (Å²) in [5.74, 6) is 0.753. The smallest absolute Gasteiger partial charge is 0.0771 e. The first-order valence-electron chi connectivity index (χ1n) is 6.36. The second-order valence-corrected chi connectivity index (χ2v) is 6.62. The fourth-order valence-corrected chi connectivity index (χ4v) is 3.25. The number of rotatable bonds is 3. The van der Waals surface area contributed by atoms with E-state index in [1.54, 1.807) is 0 Å². The predicted molar refractivity (Wildman–Crippen MR) is 62.8 cm³/mol. The zero-order valence-electron chi connectivity index (χ0n) is 10.3. The zero-order chi connectivity index (χ0) is 11.1. The fraction of sp³-hybridized carbons (Fsp3) is 1.00. The average molecular weight is 211 g/mol. The van der Waals surface area contributed by atoms with Gasteiger partial charge in [-0.15, -0.1) is 0 Å². The molecule has 2 nitrogen and oxygen atoms in total. The quantitative estimate of drug-likeness (QED) is 0.751. The summed E-state index contributed by atoms with van der Waals surface area (Å²) in [5, 5.41) is 13.6. The second-order valence-electron chi connectivity index (χ2n) is 6.62. The van der Waals surface area contributed by atoms with Gasteiger partial charge in [0.25, 0.3) is 0 Å². The van der Waals surface area contributed by atoms with Crippen LogP contribution in [0.15, 0.2) is 0 Å². The molecule has 2 saturated carbocycles. The minimum Gasteiger partial charge on any atom is -0.389 e. The Morgan fingerprint density at radius 2 is 1.93 bits per heavy atom. The maximum atomic E-state index is 10.0. The van der Waals surface area contributed by atoms with E-state index in [4.69, 9.17) is 0 Å². The molecule has 2 heteroatoms. The Morgan fingerprint density at radius 1 is 1.27 bits per heavy atom. The van der Waals surface area contributed by atoms with Gasteiger partial charge in [0.05, 0.1) is 5.60 Å². The molecular weight excluding hydrogens is 186 g/mol. The maximum Gasteiger partial charge on any atom is 0.0771 e. The molecule has 2 unspecified atom stereocenters. The van der Waals surface area contributed by atoms with E-state index in [0.29, 0.717) is 11.5 Å².